The number of nitrogens with zero attached hydrogens (tertiary/aromatic N) is 1. The largest absolute Gasteiger partial charge is 0.375 e. The van der Waals surface area contributed by atoms with Crippen molar-refractivity contribution >= 4 is 26.7 Å². The molecule has 0 bridgehead atoms. The quantitative estimate of drug-likeness (QED) is 0.518. The van der Waals surface area contributed by atoms with Gasteiger partial charge in [0.2, 0.25) is 5.91 Å². The van der Waals surface area contributed by atoms with E-state index in [-0.39, 0.29) is 16.5 Å². The highest BCUT2D eigenvalue weighted by Gasteiger charge is 2.25. The zero-order valence-electron chi connectivity index (χ0n) is 19.6. The first-order chi connectivity index (χ1) is 16.4. The van der Waals surface area contributed by atoms with Crippen molar-refractivity contribution in [3.63, 3.8) is 0 Å². The molecule has 1 aromatic carbocycles. The number of carbonyl (C=O) groups is 2. The van der Waals surface area contributed by atoms with Crippen LogP contribution in [-0.4, -0.2) is 37.7 Å². The van der Waals surface area contributed by atoms with Crippen molar-refractivity contribution in [2.75, 3.05) is 18.5 Å². The molecule has 3 rings (SSSR count). The van der Waals surface area contributed by atoms with Crippen LogP contribution >= 0.6 is 0 Å². The highest BCUT2D eigenvalue weighted by molar-refractivity contribution is 8.06. The predicted octanol–water partition coefficient (Wildman–Crippen LogP) is 4.25. The Morgan fingerprint density at radius 1 is 1.06 bits per heavy atom. The van der Waals surface area contributed by atoms with Gasteiger partial charge in [-0.1, -0.05) is 31.4 Å². The van der Waals surface area contributed by atoms with Gasteiger partial charge in [0.25, 0.3) is 9.84 Å². The van der Waals surface area contributed by atoms with Crippen molar-refractivity contribution in [2.45, 2.75) is 63.4 Å². The number of benzene rings is 1. The van der Waals surface area contributed by atoms with Crippen LogP contribution in [0.15, 0.2) is 47.5 Å². The number of ether oxygens (including phenoxy) is 1. The van der Waals surface area contributed by atoms with Gasteiger partial charge in [-0.05, 0) is 61.9 Å². The van der Waals surface area contributed by atoms with Gasteiger partial charge in [0, 0.05) is 19.6 Å². The molecule has 1 saturated carbocycles. The highest BCUT2D eigenvalue weighted by atomic mass is 32.2. The molecule has 9 heteroatoms. The molecular formula is C25H33N3O5S. The third-order valence-electron chi connectivity index (χ3n) is 5.94. The molecule has 0 atom stereocenters. The summed E-state index contributed by atoms with van der Waals surface area (Å²) in [5.74, 6) is 0.566. The van der Waals surface area contributed by atoms with Crippen LogP contribution in [0.1, 0.15) is 56.7 Å². The Morgan fingerprint density at radius 3 is 2.44 bits per heavy atom. The average molecular weight is 488 g/mol. The molecule has 8 nitrogen and oxygen atoms in total. The summed E-state index contributed by atoms with van der Waals surface area (Å²) in [4.78, 5) is 28.6. The van der Waals surface area contributed by atoms with E-state index in [1.807, 2.05) is 6.92 Å². The maximum atomic E-state index is 12.6. The monoisotopic (exact) mass is 487 g/mol. The lowest BCUT2D eigenvalue weighted by molar-refractivity contribution is -0.122. The first-order valence-corrected chi connectivity index (χ1v) is 13.3. The Hall–Kier alpha value is -2.78. The molecule has 2 aromatic rings. The van der Waals surface area contributed by atoms with Crippen molar-refractivity contribution in [3.8, 4) is 0 Å². The van der Waals surface area contributed by atoms with Gasteiger partial charge in [0.15, 0.2) is 0 Å². The molecule has 0 aliphatic heterocycles. The van der Waals surface area contributed by atoms with Crippen molar-refractivity contribution < 1.29 is 22.7 Å². The maximum absolute atomic E-state index is 12.6. The van der Waals surface area contributed by atoms with E-state index in [4.69, 9.17) is 4.74 Å². The number of carbonyl (C=O) groups excluding carboxylic acids is 2. The number of sulfone groups is 1. The van der Waals surface area contributed by atoms with Crippen molar-refractivity contribution in [1.29, 1.82) is 0 Å². The van der Waals surface area contributed by atoms with E-state index in [0.717, 1.165) is 18.4 Å². The van der Waals surface area contributed by atoms with Crippen molar-refractivity contribution in [2.24, 2.45) is 5.92 Å². The standard InChI is InChI=1S/C25H33N3O5S/c1-2-33-18-22-11-10-21(17-27-22)28-25(30)34(31,32)23-12-8-19(9-13-23)14-15-26-24(29)16-20-6-4-3-5-7-20/h8-13,17,20H,2-7,14-16,18H2,1H3,(H,26,29)(H,28,30). The molecule has 2 amide bonds. The number of nitrogens with one attached hydrogen (secondary N) is 2. The van der Waals surface area contributed by atoms with Gasteiger partial charge in [0.1, 0.15) is 0 Å². The Kier molecular flexibility index (Phi) is 9.59. The first kappa shape index (κ1) is 25.8. The summed E-state index contributed by atoms with van der Waals surface area (Å²) >= 11 is 0. The van der Waals surface area contributed by atoms with E-state index in [0.29, 0.717) is 44.2 Å². The molecule has 184 valence electrons. The Balaban J connectivity index is 1.48. The Bertz CT molecular complexity index is 1050. The fourth-order valence-corrected chi connectivity index (χ4v) is 4.95. The minimum Gasteiger partial charge on any atom is -0.375 e. The molecule has 0 spiro atoms. The van der Waals surface area contributed by atoms with Crippen LogP contribution in [0.25, 0.3) is 0 Å². The van der Waals surface area contributed by atoms with E-state index in [1.165, 1.54) is 37.6 Å². The summed E-state index contributed by atoms with van der Waals surface area (Å²) in [5, 5.41) is 4.21. The fraction of sp³-hybridized carbons (Fsp3) is 0.480. The fourth-order valence-electron chi connectivity index (χ4n) is 3.99. The predicted molar refractivity (Wildman–Crippen MR) is 130 cm³/mol. The molecule has 1 heterocycles. The minimum atomic E-state index is -4.20. The minimum absolute atomic E-state index is 0.0724. The van der Waals surface area contributed by atoms with Gasteiger partial charge in [0.05, 0.1) is 29.1 Å². The summed E-state index contributed by atoms with van der Waals surface area (Å²) < 4.78 is 30.5. The molecule has 1 aliphatic rings. The van der Waals surface area contributed by atoms with E-state index in [9.17, 15) is 18.0 Å². The molecule has 2 N–H and O–H groups in total. The zero-order chi connectivity index (χ0) is 24.4. The van der Waals surface area contributed by atoms with Gasteiger partial charge in [-0.15, -0.1) is 0 Å². The SMILES string of the molecule is CCOCc1ccc(NC(=O)S(=O)(=O)c2ccc(CCNC(=O)CC3CCCCC3)cc2)cn1. The number of rotatable bonds is 10. The Labute approximate surface area is 201 Å². The van der Waals surface area contributed by atoms with Crippen LogP contribution in [0.5, 0.6) is 0 Å². The summed E-state index contributed by atoms with van der Waals surface area (Å²) in [5.41, 5.74) is 1.85. The number of amides is 2. The summed E-state index contributed by atoms with van der Waals surface area (Å²) in [7, 11) is -4.20. The lowest BCUT2D eigenvalue weighted by Crippen LogP contribution is -2.28. The molecule has 0 unspecified atom stereocenters. The van der Waals surface area contributed by atoms with Crippen LogP contribution in [0.3, 0.4) is 0 Å². The second kappa shape index (κ2) is 12.6. The van der Waals surface area contributed by atoms with Gasteiger partial charge >= 0.3 is 5.24 Å². The van der Waals surface area contributed by atoms with Gasteiger partial charge < -0.3 is 15.4 Å². The van der Waals surface area contributed by atoms with E-state index < -0.39 is 15.1 Å². The summed E-state index contributed by atoms with van der Waals surface area (Å²) in [6, 6.07) is 9.41. The Morgan fingerprint density at radius 2 is 1.79 bits per heavy atom. The number of aromatic nitrogens is 1. The number of hydrogen-bond donors (Lipinski definition) is 2. The molecule has 1 aliphatic carbocycles. The second-order valence-corrected chi connectivity index (χ2v) is 10.4. The van der Waals surface area contributed by atoms with Crippen molar-refractivity contribution in [3.05, 3.63) is 53.9 Å². The lowest BCUT2D eigenvalue weighted by Gasteiger charge is -2.20. The normalized spacial score (nSPS) is 14.5. The molecular weight excluding hydrogens is 454 g/mol. The lowest BCUT2D eigenvalue weighted by atomic mass is 9.87. The topological polar surface area (TPSA) is 114 Å². The molecule has 1 fully saturated rings. The number of hydrogen-bond acceptors (Lipinski definition) is 6. The molecule has 0 radical (unpaired) electrons. The van der Waals surface area contributed by atoms with Crippen LogP contribution in [0.2, 0.25) is 0 Å². The number of pyridine rings is 1. The third-order valence-corrected chi connectivity index (χ3v) is 7.42. The first-order valence-electron chi connectivity index (χ1n) is 11.8. The van der Waals surface area contributed by atoms with E-state index in [2.05, 4.69) is 15.6 Å². The summed E-state index contributed by atoms with van der Waals surface area (Å²) in [6.45, 7) is 3.28. The summed E-state index contributed by atoms with van der Waals surface area (Å²) in [6.07, 6.45) is 8.52. The van der Waals surface area contributed by atoms with Crippen LogP contribution in [-0.2, 0) is 32.4 Å². The molecule has 34 heavy (non-hydrogen) atoms. The van der Waals surface area contributed by atoms with E-state index in [1.54, 1.807) is 24.3 Å². The maximum Gasteiger partial charge on any atom is 0.345 e. The van der Waals surface area contributed by atoms with Crippen molar-refractivity contribution in [1.82, 2.24) is 10.3 Å². The van der Waals surface area contributed by atoms with Crippen LogP contribution < -0.4 is 10.6 Å². The molecule has 1 aromatic heterocycles. The van der Waals surface area contributed by atoms with Gasteiger partial charge in [-0.25, -0.2) is 8.42 Å². The highest BCUT2D eigenvalue weighted by Crippen LogP contribution is 2.26. The smallest absolute Gasteiger partial charge is 0.345 e. The van der Waals surface area contributed by atoms with Crippen LogP contribution in [0.4, 0.5) is 10.5 Å². The second-order valence-electron chi connectivity index (χ2n) is 8.54. The van der Waals surface area contributed by atoms with E-state index >= 15 is 0 Å². The molecule has 0 saturated heterocycles. The van der Waals surface area contributed by atoms with Crippen LogP contribution in [0, 0.1) is 5.92 Å². The van der Waals surface area contributed by atoms with Gasteiger partial charge in [-0.3, -0.25) is 14.6 Å². The van der Waals surface area contributed by atoms with Gasteiger partial charge in [-0.2, -0.15) is 0 Å². The third kappa shape index (κ3) is 7.63. The zero-order valence-corrected chi connectivity index (χ0v) is 20.4. The number of anilines is 1. The average Bonchev–Trinajstić information content (AvgIpc) is 2.84.